The quantitative estimate of drug-likeness (QED) is 0.915. The number of nitrogens with one attached hydrogen (secondary N) is 1. The maximum atomic E-state index is 5.80. The van der Waals surface area contributed by atoms with Crippen molar-refractivity contribution in [1.29, 1.82) is 0 Å². The van der Waals surface area contributed by atoms with Crippen LogP contribution in [0, 0.1) is 0 Å². The molecule has 18 heavy (non-hydrogen) atoms. The zero-order valence-corrected chi connectivity index (χ0v) is 11.2. The fourth-order valence-electron chi connectivity index (χ4n) is 2.30. The number of nitrogens with zero attached hydrogens (tertiary/aromatic N) is 2. The standard InChI is InChI=1S/C13H17N3OS/c1-16-8-11-2-4-17-12(13(11)15-16)7-14-6-10-3-5-18-9-10/h3,5,8-9,12,14H,2,4,6-7H2,1H3. The SMILES string of the molecule is Cn1cc2c(n1)C(CNCc1ccsc1)OCC2. The molecule has 0 spiro atoms. The molecule has 1 atom stereocenters. The molecule has 96 valence electrons. The number of aryl methyl sites for hydroxylation is 1. The normalized spacial score (nSPS) is 18.8. The van der Waals surface area contributed by atoms with Crippen LogP contribution in [0.5, 0.6) is 0 Å². The fraction of sp³-hybridized carbons (Fsp3) is 0.462. The van der Waals surface area contributed by atoms with E-state index in [0.717, 1.165) is 31.8 Å². The number of aromatic nitrogens is 2. The van der Waals surface area contributed by atoms with Gasteiger partial charge < -0.3 is 10.1 Å². The summed E-state index contributed by atoms with van der Waals surface area (Å²) in [5.41, 5.74) is 3.75. The van der Waals surface area contributed by atoms with E-state index in [1.54, 1.807) is 11.3 Å². The lowest BCUT2D eigenvalue weighted by Gasteiger charge is -2.22. The van der Waals surface area contributed by atoms with Crippen LogP contribution in [0.25, 0.3) is 0 Å². The van der Waals surface area contributed by atoms with Crippen LogP contribution in [0.15, 0.2) is 23.0 Å². The summed E-state index contributed by atoms with van der Waals surface area (Å²) in [6.45, 7) is 2.51. The van der Waals surface area contributed by atoms with E-state index in [9.17, 15) is 0 Å². The Morgan fingerprint density at radius 2 is 2.56 bits per heavy atom. The Balaban J connectivity index is 1.60. The Morgan fingerprint density at radius 3 is 3.39 bits per heavy atom. The Kier molecular flexibility index (Phi) is 3.45. The van der Waals surface area contributed by atoms with E-state index >= 15 is 0 Å². The molecule has 1 N–H and O–H groups in total. The molecule has 3 heterocycles. The molecule has 5 heteroatoms. The molecule has 0 aromatic carbocycles. The number of hydrogen-bond acceptors (Lipinski definition) is 4. The first-order chi connectivity index (χ1) is 8.83. The molecule has 2 aromatic rings. The molecule has 4 nitrogen and oxygen atoms in total. The van der Waals surface area contributed by atoms with E-state index in [4.69, 9.17) is 4.74 Å². The molecule has 0 aliphatic carbocycles. The summed E-state index contributed by atoms with van der Waals surface area (Å²) in [7, 11) is 1.97. The molecule has 0 saturated carbocycles. The third-order valence-corrected chi connectivity index (χ3v) is 3.90. The van der Waals surface area contributed by atoms with Crippen LogP contribution < -0.4 is 5.32 Å². The first kappa shape index (κ1) is 11.9. The van der Waals surface area contributed by atoms with Crippen LogP contribution in [0.2, 0.25) is 0 Å². The summed E-state index contributed by atoms with van der Waals surface area (Å²) in [5.74, 6) is 0. The van der Waals surface area contributed by atoms with E-state index in [1.165, 1.54) is 11.1 Å². The van der Waals surface area contributed by atoms with Crippen molar-refractivity contribution in [2.75, 3.05) is 13.2 Å². The monoisotopic (exact) mass is 263 g/mol. The fourth-order valence-corrected chi connectivity index (χ4v) is 2.97. The van der Waals surface area contributed by atoms with E-state index in [2.05, 4.69) is 33.4 Å². The molecule has 0 amide bonds. The van der Waals surface area contributed by atoms with Gasteiger partial charge in [0.1, 0.15) is 6.10 Å². The van der Waals surface area contributed by atoms with Crippen LogP contribution >= 0.6 is 11.3 Å². The van der Waals surface area contributed by atoms with Crippen molar-refractivity contribution >= 4 is 11.3 Å². The van der Waals surface area contributed by atoms with Gasteiger partial charge in [0.2, 0.25) is 0 Å². The highest BCUT2D eigenvalue weighted by molar-refractivity contribution is 7.07. The summed E-state index contributed by atoms with van der Waals surface area (Å²) in [6, 6.07) is 2.14. The van der Waals surface area contributed by atoms with Gasteiger partial charge in [-0.05, 0) is 34.4 Å². The molecule has 1 unspecified atom stereocenters. The predicted octanol–water partition coefficient (Wildman–Crippen LogP) is 1.89. The van der Waals surface area contributed by atoms with E-state index in [1.807, 2.05) is 11.7 Å². The van der Waals surface area contributed by atoms with Crippen LogP contribution in [-0.2, 0) is 24.8 Å². The Bertz CT molecular complexity index is 506. The number of thiophene rings is 1. The van der Waals surface area contributed by atoms with Gasteiger partial charge in [-0.25, -0.2) is 0 Å². The molecule has 0 saturated heterocycles. The second-order valence-electron chi connectivity index (χ2n) is 4.59. The molecule has 0 radical (unpaired) electrons. The summed E-state index contributed by atoms with van der Waals surface area (Å²) in [4.78, 5) is 0. The zero-order valence-electron chi connectivity index (χ0n) is 10.4. The maximum absolute atomic E-state index is 5.80. The van der Waals surface area contributed by atoms with E-state index in [0.29, 0.717) is 0 Å². The second-order valence-corrected chi connectivity index (χ2v) is 5.37. The number of hydrogen-bond donors (Lipinski definition) is 1. The van der Waals surface area contributed by atoms with Gasteiger partial charge in [0.05, 0.1) is 12.3 Å². The van der Waals surface area contributed by atoms with E-state index < -0.39 is 0 Å². The summed E-state index contributed by atoms with van der Waals surface area (Å²) < 4.78 is 7.68. The molecule has 3 rings (SSSR count). The van der Waals surface area contributed by atoms with Crippen molar-refractivity contribution < 1.29 is 4.74 Å². The Hall–Kier alpha value is -1.17. The van der Waals surface area contributed by atoms with Gasteiger partial charge >= 0.3 is 0 Å². The molecular formula is C13H17N3OS. The van der Waals surface area contributed by atoms with Crippen molar-refractivity contribution in [2.24, 2.45) is 7.05 Å². The van der Waals surface area contributed by atoms with Gasteiger partial charge in [0.15, 0.2) is 0 Å². The highest BCUT2D eigenvalue weighted by Crippen LogP contribution is 2.24. The van der Waals surface area contributed by atoms with Gasteiger partial charge in [-0.15, -0.1) is 0 Å². The molecule has 0 fully saturated rings. The Morgan fingerprint density at radius 1 is 1.61 bits per heavy atom. The smallest absolute Gasteiger partial charge is 0.114 e. The lowest BCUT2D eigenvalue weighted by Crippen LogP contribution is -2.27. The summed E-state index contributed by atoms with van der Waals surface area (Å²) >= 11 is 1.73. The van der Waals surface area contributed by atoms with Crippen molar-refractivity contribution in [3.63, 3.8) is 0 Å². The number of fused-ring (bicyclic) bond motifs is 1. The largest absolute Gasteiger partial charge is 0.370 e. The summed E-state index contributed by atoms with van der Waals surface area (Å²) in [6.07, 6.45) is 3.17. The lowest BCUT2D eigenvalue weighted by molar-refractivity contribution is 0.0393. The van der Waals surface area contributed by atoms with Gasteiger partial charge in [-0.1, -0.05) is 0 Å². The minimum Gasteiger partial charge on any atom is -0.370 e. The third kappa shape index (κ3) is 2.48. The van der Waals surface area contributed by atoms with Crippen LogP contribution in [0.3, 0.4) is 0 Å². The van der Waals surface area contributed by atoms with Gasteiger partial charge in [0.25, 0.3) is 0 Å². The van der Waals surface area contributed by atoms with Gasteiger partial charge in [-0.3, -0.25) is 4.68 Å². The average molecular weight is 263 g/mol. The highest BCUT2D eigenvalue weighted by Gasteiger charge is 2.23. The first-order valence-electron chi connectivity index (χ1n) is 6.19. The molecular weight excluding hydrogens is 246 g/mol. The van der Waals surface area contributed by atoms with Crippen LogP contribution in [0.1, 0.15) is 22.9 Å². The van der Waals surface area contributed by atoms with Crippen molar-refractivity contribution in [3.05, 3.63) is 39.8 Å². The van der Waals surface area contributed by atoms with Gasteiger partial charge in [-0.2, -0.15) is 16.4 Å². The predicted molar refractivity (Wildman–Crippen MR) is 71.6 cm³/mol. The van der Waals surface area contributed by atoms with Crippen LogP contribution in [0.4, 0.5) is 0 Å². The zero-order chi connectivity index (χ0) is 12.4. The first-order valence-corrected chi connectivity index (χ1v) is 7.13. The topological polar surface area (TPSA) is 39.1 Å². The maximum Gasteiger partial charge on any atom is 0.114 e. The molecule has 2 aromatic heterocycles. The van der Waals surface area contributed by atoms with Gasteiger partial charge in [0, 0.05) is 26.3 Å². The molecule has 1 aliphatic rings. The second kappa shape index (κ2) is 5.22. The number of ether oxygens (including phenoxy) is 1. The minimum absolute atomic E-state index is 0.0913. The van der Waals surface area contributed by atoms with E-state index in [-0.39, 0.29) is 6.10 Å². The van der Waals surface area contributed by atoms with Crippen molar-refractivity contribution in [1.82, 2.24) is 15.1 Å². The summed E-state index contributed by atoms with van der Waals surface area (Å²) in [5, 5.41) is 12.2. The highest BCUT2D eigenvalue weighted by atomic mass is 32.1. The van der Waals surface area contributed by atoms with Crippen molar-refractivity contribution in [3.8, 4) is 0 Å². The van der Waals surface area contributed by atoms with Crippen LogP contribution in [-0.4, -0.2) is 22.9 Å². The third-order valence-electron chi connectivity index (χ3n) is 3.17. The minimum atomic E-state index is 0.0913. The van der Waals surface area contributed by atoms with Crippen molar-refractivity contribution in [2.45, 2.75) is 19.1 Å². The number of rotatable bonds is 4. The molecule has 0 bridgehead atoms. The Labute approximate surface area is 111 Å². The lowest BCUT2D eigenvalue weighted by atomic mass is 10.1. The molecule has 1 aliphatic heterocycles. The average Bonchev–Trinajstić information content (AvgIpc) is 2.97.